The van der Waals surface area contributed by atoms with Gasteiger partial charge in [0.15, 0.2) is 5.65 Å². The van der Waals surface area contributed by atoms with Crippen LogP contribution in [0.15, 0.2) is 36.5 Å². The predicted octanol–water partition coefficient (Wildman–Crippen LogP) is 3.49. The number of benzene rings is 1. The van der Waals surface area contributed by atoms with E-state index >= 15 is 0 Å². The molecule has 1 aliphatic carbocycles. The third kappa shape index (κ3) is 2.16. The third-order valence-corrected chi connectivity index (χ3v) is 3.86. The van der Waals surface area contributed by atoms with Crippen molar-refractivity contribution in [1.82, 2.24) is 15.2 Å². The molecule has 2 heterocycles. The molecule has 0 amide bonds. The maximum absolute atomic E-state index is 11.2. The predicted molar refractivity (Wildman–Crippen MR) is 82.2 cm³/mol. The molecule has 7 nitrogen and oxygen atoms in total. The van der Waals surface area contributed by atoms with Crippen LogP contribution in [0, 0.1) is 10.1 Å². The fourth-order valence-corrected chi connectivity index (χ4v) is 2.56. The molecule has 4 rings (SSSR count). The number of nitro benzene ring substituents is 1. The summed E-state index contributed by atoms with van der Waals surface area (Å²) in [6.45, 7) is 0. The van der Waals surface area contributed by atoms with Crippen molar-refractivity contribution < 1.29 is 4.92 Å². The minimum atomic E-state index is -0.379. The van der Waals surface area contributed by atoms with E-state index in [4.69, 9.17) is 0 Å². The molecule has 2 N–H and O–H groups in total. The van der Waals surface area contributed by atoms with Gasteiger partial charge in [-0.3, -0.25) is 15.2 Å². The van der Waals surface area contributed by atoms with Crippen LogP contribution >= 0.6 is 0 Å². The number of aromatic nitrogens is 3. The zero-order valence-corrected chi connectivity index (χ0v) is 11.6. The quantitative estimate of drug-likeness (QED) is 0.567. The second-order valence-electron chi connectivity index (χ2n) is 5.41. The van der Waals surface area contributed by atoms with E-state index in [1.807, 2.05) is 18.2 Å². The molecule has 0 bridgehead atoms. The van der Waals surface area contributed by atoms with Crippen LogP contribution in [0.25, 0.3) is 11.0 Å². The number of fused-ring (bicyclic) bond motifs is 1. The van der Waals surface area contributed by atoms with E-state index < -0.39 is 0 Å². The Morgan fingerprint density at radius 3 is 2.95 bits per heavy atom. The number of H-pyrrole nitrogens is 1. The molecule has 1 aromatic carbocycles. The van der Waals surface area contributed by atoms with Crippen LogP contribution < -0.4 is 5.32 Å². The highest BCUT2D eigenvalue weighted by atomic mass is 16.6. The van der Waals surface area contributed by atoms with Gasteiger partial charge in [0.1, 0.15) is 11.5 Å². The number of hydrogen-bond donors (Lipinski definition) is 2. The van der Waals surface area contributed by atoms with Crippen LogP contribution in [0.3, 0.4) is 0 Å². The molecule has 0 radical (unpaired) electrons. The number of nitrogens with zero attached hydrogens (tertiary/aromatic N) is 3. The van der Waals surface area contributed by atoms with Gasteiger partial charge < -0.3 is 5.32 Å². The number of anilines is 2. The van der Waals surface area contributed by atoms with Crippen LogP contribution in [-0.4, -0.2) is 20.1 Å². The molecule has 22 heavy (non-hydrogen) atoms. The lowest BCUT2D eigenvalue weighted by atomic mass is 10.1. The normalized spacial score (nSPS) is 14.2. The first-order chi connectivity index (χ1) is 10.7. The third-order valence-electron chi connectivity index (χ3n) is 3.86. The molecule has 1 fully saturated rings. The smallest absolute Gasteiger partial charge is 0.292 e. The SMILES string of the molecule is O=[N+]([O-])c1ccc(C2CC2)cc1Nc1[nH]nc2ncccc12. The van der Waals surface area contributed by atoms with E-state index in [1.54, 1.807) is 18.3 Å². The number of rotatable bonds is 4. The summed E-state index contributed by atoms with van der Waals surface area (Å²) in [5, 5.41) is 22.1. The Hall–Kier alpha value is -2.96. The Balaban J connectivity index is 1.77. The summed E-state index contributed by atoms with van der Waals surface area (Å²) in [6, 6.07) is 8.93. The van der Waals surface area contributed by atoms with E-state index in [1.165, 1.54) is 0 Å². The molecule has 1 aliphatic rings. The Morgan fingerprint density at radius 1 is 1.32 bits per heavy atom. The Bertz CT molecular complexity index is 869. The first-order valence-corrected chi connectivity index (χ1v) is 7.07. The fraction of sp³-hybridized carbons (Fsp3) is 0.200. The molecule has 0 aliphatic heterocycles. The van der Waals surface area contributed by atoms with Gasteiger partial charge in [-0.1, -0.05) is 6.07 Å². The molecule has 0 unspecified atom stereocenters. The summed E-state index contributed by atoms with van der Waals surface area (Å²) in [7, 11) is 0. The van der Waals surface area contributed by atoms with Crippen molar-refractivity contribution in [3.8, 4) is 0 Å². The maximum Gasteiger partial charge on any atom is 0.292 e. The number of hydrogen-bond acceptors (Lipinski definition) is 5. The van der Waals surface area contributed by atoms with Crippen molar-refractivity contribution in [1.29, 1.82) is 0 Å². The summed E-state index contributed by atoms with van der Waals surface area (Å²) < 4.78 is 0. The standard InChI is InChI=1S/C15H13N5O2/c21-20(22)13-6-5-10(9-3-4-9)8-12(13)17-15-11-2-1-7-16-14(11)18-19-15/h1-2,5-9H,3-4H2,(H2,16,17,18,19). The van der Waals surface area contributed by atoms with E-state index in [9.17, 15) is 10.1 Å². The largest absolute Gasteiger partial charge is 0.334 e. The summed E-state index contributed by atoms with van der Waals surface area (Å²) in [5.41, 5.74) is 2.24. The number of nitro groups is 1. The van der Waals surface area contributed by atoms with Crippen molar-refractivity contribution in [2.45, 2.75) is 18.8 Å². The van der Waals surface area contributed by atoms with Crippen molar-refractivity contribution in [3.63, 3.8) is 0 Å². The lowest BCUT2D eigenvalue weighted by molar-refractivity contribution is -0.383. The molecule has 2 aromatic heterocycles. The van der Waals surface area contributed by atoms with Gasteiger partial charge in [-0.05, 0) is 42.5 Å². The Kier molecular flexibility index (Phi) is 2.78. The minimum Gasteiger partial charge on any atom is -0.334 e. The first kappa shape index (κ1) is 12.8. The van der Waals surface area contributed by atoms with E-state index in [0.29, 0.717) is 23.1 Å². The number of aromatic amines is 1. The summed E-state index contributed by atoms with van der Waals surface area (Å²) in [4.78, 5) is 15.0. The molecular formula is C15H13N5O2. The van der Waals surface area contributed by atoms with Gasteiger partial charge in [0.05, 0.1) is 10.3 Å². The van der Waals surface area contributed by atoms with Gasteiger partial charge >= 0.3 is 0 Å². The molecule has 0 saturated heterocycles. The molecule has 0 spiro atoms. The van der Waals surface area contributed by atoms with Crippen LogP contribution in [0.2, 0.25) is 0 Å². The maximum atomic E-state index is 11.2. The summed E-state index contributed by atoms with van der Waals surface area (Å²) in [6.07, 6.45) is 3.95. The Labute approximate surface area is 125 Å². The van der Waals surface area contributed by atoms with Crippen LogP contribution in [0.4, 0.5) is 17.2 Å². The number of nitrogens with one attached hydrogen (secondary N) is 2. The van der Waals surface area contributed by atoms with Crippen molar-refractivity contribution in [3.05, 3.63) is 52.2 Å². The topological polar surface area (TPSA) is 96.7 Å². The van der Waals surface area contributed by atoms with Crippen LogP contribution in [-0.2, 0) is 0 Å². The molecule has 1 saturated carbocycles. The highest BCUT2D eigenvalue weighted by molar-refractivity contribution is 5.89. The van der Waals surface area contributed by atoms with Crippen molar-refractivity contribution in [2.24, 2.45) is 0 Å². The average molecular weight is 295 g/mol. The summed E-state index contributed by atoms with van der Waals surface area (Å²) >= 11 is 0. The monoisotopic (exact) mass is 295 g/mol. The number of pyridine rings is 1. The van der Waals surface area contributed by atoms with Gasteiger partial charge in [-0.15, -0.1) is 0 Å². The van der Waals surface area contributed by atoms with Gasteiger partial charge in [0, 0.05) is 12.3 Å². The fourth-order valence-electron chi connectivity index (χ4n) is 2.56. The second kappa shape index (κ2) is 4.80. The molecular weight excluding hydrogens is 282 g/mol. The minimum absolute atomic E-state index is 0.0519. The highest BCUT2D eigenvalue weighted by Gasteiger charge is 2.26. The van der Waals surface area contributed by atoms with Crippen LogP contribution in [0.5, 0.6) is 0 Å². The lowest BCUT2D eigenvalue weighted by Crippen LogP contribution is -1.98. The Morgan fingerprint density at radius 2 is 2.18 bits per heavy atom. The lowest BCUT2D eigenvalue weighted by Gasteiger charge is -2.07. The summed E-state index contributed by atoms with van der Waals surface area (Å²) in [5.74, 6) is 1.14. The van der Waals surface area contributed by atoms with Crippen molar-refractivity contribution >= 4 is 28.2 Å². The zero-order chi connectivity index (χ0) is 15.1. The zero-order valence-electron chi connectivity index (χ0n) is 11.6. The molecule has 3 aromatic rings. The van der Waals surface area contributed by atoms with E-state index in [0.717, 1.165) is 23.8 Å². The van der Waals surface area contributed by atoms with Gasteiger partial charge in [-0.2, -0.15) is 5.10 Å². The van der Waals surface area contributed by atoms with E-state index in [2.05, 4.69) is 20.5 Å². The van der Waals surface area contributed by atoms with Gasteiger partial charge in [0.2, 0.25) is 0 Å². The average Bonchev–Trinajstić information content (AvgIpc) is 3.30. The van der Waals surface area contributed by atoms with Gasteiger partial charge in [-0.25, -0.2) is 4.98 Å². The molecule has 7 heteroatoms. The molecule has 110 valence electrons. The van der Waals surface area contributed by atoms with E-state index in [-0.39, 0.29) is 10.6 Å². The van der Waals surface area contributed by atoms with Crippen LogP contribution in [0.1, 0.15) is 24.3 Å². The van der Waals surface area contributed by atoms with Gasteiger partial charge in [0.25, 0.3) is 5.69 Å². The molecule has 0 atom stereocenters. The first-order valence-electron chi connectivity index (χ1n) is 7.07. The van der Waals surface area contributed by atoms with Crippen molar-refractivity contribution in [2.75, 3.05) is 5.32 Å². The second-order valence-corrected chi connectivity index (χ2v) is 5.41. The highest BCUT2D eigenvalue weighted by Crippen LogP contribution is 2.42.